The van der Waals surface area contributed by atoms with Crippen LogP contribution in [0.5, 0.6) is 0 Å². The maximum Gasteiger partial charge on any atom is 0.313 e. The first-order valence-corrected chi connectivity index (χ1v) is 3.05. The zero-order valence-electron chi connectivity index (χ0n) is 6.77. The SMILES string of the molecule is COC(=O)C/C(=C/[N+](=O)[O-])OC. The molecule has 0 amide bonds. The van der Waals surface area contributed by atoms with E-state index < -0.39 is 10.9 Å². The lowest BCUT2D eigenvalue weighted by atomic mass is 10.4. The average molecular weight is 175 g/mol. The molecule has 0 fully saturated rings. The number of carbonyl (C=O) groups excluding carboxylic acids is 1. The van der Waals surface area contributed by atoms with Gasteiger partial charge in [-0.3, -0.25) is 14.9 Å². The van der Waals surface area contributed by atoms with Crippen LogP contribution in [-0.2, 0) is 14.3 Å². The summed E-state index contributed by atoms with van der Waals surface area (Å²) in [6.45, 7) is 0. The molecule has 0 N–H and O–H groups in total. The molecule has 0 saturated carbocycles. The molecule has 0 aliphatic heterocycles. The first kappa shape index (κ1) is 10.4. The Labute approximate surface area is 68.9 Å². The maximum atomic E-state index is 10.6. The predicted octanol–water partition coefficient (Wildman–Crippen LogP) is 0.314. The summed E-state index contributed by atoms with van der Waals surface area (Å²) >= 11 is 0. The van der Waals surface area contributed by atoms with Crippen molar-refractivity contribution in [2.24, 2.45) is 0 Å². The van der Waals surface area contributed by atoms with Crippen molar-refractivity contribution in [2.75, 3.05) is 14.2 Å². The van der Waals surface area contributed by atoms with Gasteiger partial charge in [0.25, 0.3) is 6.20 Å². The van der Waals surface area contributed by atoms with Crippen LogP contribution in [0.25, 0.3) is 0 Å². The Kier molecular flexibility index (Phi) is 4.43. The molecule has 6 heteroatoms. The second kappa shape index (κ2) is 5.11. The molecule has 12 heavy (non-hydrogen) atoms. The Hall–Kier alpha value is -1.59. The fraction of sp³-hybridized carbons (Fsp3) is 0.500. The van der Waals surface area contributed by atoms with E-state index in [9.17, 15) is 14.9 Å². The smallest absolute Gasteiger partial charge is 0.313 e. The lowest BCUT2D eigenvalue weighted by Gasteiger charge is -2.00. The van der Waals surface area contributed by atoms with Crippen LogP contribution in [0.1, 0.15) is 6.42 Å². The number of methoxy groups -OCH3 is 2. The summed E-state index contributed by atoms with van der Waals surface area (Å²) in [4.78, 5) is 19.8. The van der Waals surface area contributed by atoms with Crippen LogP contribution >= 0.6 is 0 Å². The van der Waals surface area contributed by atoms with Gasteiger partial charge in [0.05, 0.1) is 19.1 Å². The molecule has 0 aliphatic rings. The van der Waals surface area contributed by atoms with Gasteiger partial charge < -0.3 is 9.47 Å². The molecule has 0 spiro atoms. The van der Waals surface area contributed by atoms with E-state index in [-0.39, 0.29) is 12.2 Å². The lowest BCUT2D eigenvalue weighted by molar-refractivity contribution is -0.405. The van der Waals surface area contributed by atoms with Crippen molar-refractivity contribution in [1.82, 2.24) is 0 Å². The van der Waals surface area contributed by atoms with E-state index >= 15 is 0 Å². The number of hydrogen-bond donors (Lipinski definition) is 0. The lowest BCUT2D eigenvalue weighted by Crippen LogP contribution is -2.04. The van der Waals surface area contributed by atoms with E-state index in [4.69, 9.17) is 0 Å². The quantitative estimate of drug-likeness (QED) is 0.266. The van der Waals surface area contributed by atoms with Gasteiger partial charge in [-0.2, -0.15) is 0 Å². The summed E-state index contributed by atoms with van der Waals surface area (Å²) in [6, 6.07) is 0. The molecule has 0 aromatic rings. The van der Waals surface area contributed by atoms with E-state index in [0.717, 1.165) is 0 Å². The van der Waals surface area contributed by atoms with Crippen molar-refractivity contribution in [3.05, 3.63) is 22.1 Å². The minimum absolute atomic E-state index is 0.0353. The number of rotatable bonds is 4. The van der Waals surface area contributed by atoms with Crippen LogP contribution in [0.4, 0.5) is 0 Å². The number of ether oxygens (including phenoxy) is 2. The van der Waals surface area contributed by atoms with Gasteiger partial charge in [-0.15, -0.1) is 0 Å². The molecule has 0 unspecified atom stereocenters. The van der Waals surface area contributed by atoms with Crippen LogP contribution in [0.15, 0.2) is 12.0 Å². The summed E-state index contributed by atoms with van der Waals surface area (Å²) in [5.41, 5.74) is 0. The molecule has 0 aliphatic carbocycles. The van der Waals surface area contributed by atoms with Crippen molar-refractivity contribution < 1.29 is 19.2 Å². The second-order valence-electron chi connectivity index (χ2n) is 1.84. The number of nitrogens with zero attached hydrogens (tertiary/aromatic N) is 1. The fourth-order valence-corrected chi connectivity index (χ4v) is 0.503. The highest BCUT2D eigenvalue weighted by Gasteiger charge is 2.09. The van der Waals surface area contributed by atoms with Crippen LogP contribution in [0, 0.1) is 10.1 Å². The molecule has 0 saturated heterocycles. The van der Waals surface area contributed by atoms with Crippen LogP contribution in [0.2, 0.25) is 0 Å². The van der Waals surface area contributed by atoms with Crippen molar-refractivity contribution in [1.29, 1.82) is 0 Å². The molecule has 0 bridgehead atoms. The third-order valence-corrected chi connectivity index (χ3v) is 1.06. The monoisotopic (exact) mass is 175 g/mol. The highest BCUT2D eigenvalue weighted by Crippen LogP contribution is 2.02. The minimum atomic E-state index is -0.693. The Morgan fingerprint density at radius 1 is 1.50 bits per heavy atom. The minimum Gasteiger partial charge on any atom is -0.494 e. The van der Waals surface area contributed by atoms with Gasteiger partial charge in [-0.05, 0) is 0 Å². The molecule has 0 aromatic carbocycles. The molecule has 68 valence electrons. The Bertz CT molecular complexity index is 210. The number of esters is 1. The first-order chi connectivity index (χ1) is 5.60. The van der Waals surface area contributed by atoms with Gasteiger partial charge in [0, 0.05) is 0 Å². The molecular weight excluding hydrogens is 166 g/mol. The molecule has 0 rings (SSSR count). The molecule has 0 atom stereocenters. The average Bonchev–Trinajstić information content (AvgIpc) is 2.02. The second-order valence-corrected chi connectivity index (χ2v) is 1.84. The number of nitro groups is 1. The summed E-state index contributed by atoms with van der Waals surface area (Å²) in [7, 11) is 2.44. The van der Waals surface area contributed by atoms with Crippen molar-refractivity contribution in [3.8, 4) is 0 Å². The molecule has 0 aromatic heterocycles. The Balaban J connectivity index is 4.17. The van der Waals surface area contributed by atoms with Crippen LogP contribution in [0.3, 0.4) is 0 Å². The predicted molar refractivity (Wildman–Crippen MR) is 38.7 cm³/mol. The van der Waals surface area contributed by atoms with Crippen molar-refractivity contribution in [3.63, 3.8) is 0 Å². The standard InChI is InChI=1S/C6H9NO5/c1-11-5(4-7(9)10)3-6(8)12-2/h4H,3H2,1-2H3/b5-4-. The van der Waals surface area contributed by atoms with E-state index in [2.05, 4.69) is 9.47 Å². The van der Waals surface area contributed by atoms with Gasteiger partial charge in [0.15, 0.2) is 5.76 Å². The van der Waals surface area contributed by atoms with Gasteiger partial charge in [-0.25, -0.2) is 0 Å². The highest BCUT2D eigenvalue weighted by molar-refractivity contribution is 5.71. The van der Waals surface area contributed by atoms with Crippen molar-refractivity contribution in [2.45, 2.75) is 6.42 Å². The zero-order chi connectivity index (χ0) is 9.56. The van der Waals surface area contributed by atoms with E-state index in [0.29, 0.717) is 6.20 Å². The van der Waals surface area contributed by atoms with Crippen molar-refractivity contribution >= 4 is 5.97 Å². The topological polar surface area (TPSA) is 78.7 Å². The Morgan fingerprint density at radius 3 is 2.42 bits per heavy atom. The number of hydrogen-bond acceptors (Lipinski definition) is 5. The molecular formula is C6H9NO5. The third kappa shape index (κ3) is 4.26. The maximum absolute atomic E-state index is 10.6. The summed E-state index contributed by atoms with van der Waals surface area (Å²) < 4.78 is 8.83. The normalized spacial score (nSPS) is 10.7. The van der Waals surface area contributed by atoms with Gasteiger partial charge in [0.2, 0.25) is 0 Å². The zero-order valence-corrected chi connectivity index (χ0v) is 6.77. The summed E-state index contributed by atoms with van der Waals surface area (Å²) in [6.07, 6.45) is 0.394. The molecule has 0 heterocycles. The largest absolute Gasteiger partial charge is 0.494 e. The third-order valence-electron chi connectivity index (χ3n) is 1.06. The van der Waals surface area contributed by atoms with Gasteiger partial charge in [-0.1, -0.05) is 0 Å². The summed E-state index contributed by atoms with van der Waals surface area (Å²) in [5.74, 6) is -0.614. The van der Waals surface area contributed by atoms with Crippen LogP contribution in [-0.4, -0.2) is 25.1 Å². The van der Waals surface area contributed by atoms with E-state index in [1.807, 2.05) is 0 Å². The fourth-order valence-electron chi connectivity index (χ4n) is 0.503. The highest BCUT2D eigenvalue weighted by atomic mass is 16.6. The molecule has 6 nitrogen and oxygen atoms in total. The van der Waals surface area contributed by atoms with Crippen LogP contribution < -0.4 is 0 Å². The molecule has 0 radical (unpaired) electrons. The Morgan fingerprint density at radius 2 is 2.08 bits per heavy atom. The van der Waals surface area contributed by atoms with E-state index in [1.165, 1.54) is 14.2 Å². The summed E-state index contributed by atoms with van der Waals surface area (Å²) in [5, 5.41) is 9.94. The van der Waals surface area contributed by atoms with Gasteiger partial charge >= 0.3 is 5.97 Å². The van der Waals surface area contributed by atoms with Gasteiger partial charge in [0.1, 0.15) is 6.42 Å². The van der Waals surface area contributed by atoms with E-state index in [1.54, 1.807) is 0 Å². The first-order valence-electron chi connectivity index (χ1n) is 3.05. The number of carbonyl (C=O) groups is 1.